The molecule has 5 heteroatoms. The Morgan fingerprint density at radius 1 is 1.33 bits per heavy atom. The zero-order valence-corrected chi connectivity index (χ0v) is 13.0. The minimum atomic E-state index is -0.0116. The van der Waals surface area contributed by atoms with Crippen molar-refractivity contribution in [3.8, 4) is 5.75 Å². The lowest BCUT2D eigenvalue weighted by Crippen LogP contribution is -2.35. The molecule has 0 atom stereocenters. The smallest absolute Gasteiger partial charge is 0.253 e. The van der Waals surface area contributed by atoms with Gasteiger partial charge in [-0.25, -0.2) is 0 Å². The monoisotopic (exact) mass is 291 g/mol. The number of carbonyl (C=O) groups is 1. The van der Waals surface area contributed by atoms with Gasteiger partial charge in [0.25, 0.3) is 5.91 Å². The Morgan fingerprint density at radius 2 is 2.05 bits per heavy atom. The van der Waals surface area contributed by atoms with Crippen molar-refractivity contribution in [2.75, 3.05) is 45.6 Å². The minimum Gasteiger partial charge on any atom is -0.494 e. The quantitative estimate of drug-likeness (QED) is 0.812. The number of rotatable bonds is 6. The number of benzene rings is 1. The Balaban J connectivity index is 1.97. The van der Waals surface area contributed by atoms with Crippen LogP contribution in [0.15, 0.2) is 18.2 Å². The van der Waals surface area contributed by atoms with Gasteiger partial charge in [0.2, 0.25) is 0 Å². The van der Waals surface area contributed by atoms with Crippen LogP contribution in [0.1, 0.15) is 30.1 Å². The minimum absolute atomic E-state index is 0.0116. The van der Waals surface area contributed by atoms with Gasteiger partial charge in [-0.2, -0.15) is 0 Å². The number of ether oxygens (including phenoxy) is 1. The van der Waals surface area contributed by atoms with Crippen LogP contribution in [0.2, 0.25) is 0 Å². The molecule has 1 aromatic rings. The maximum atomic E-state index is 12.5. The number of hydrogen-bond acceptors (Lipinski definition) is 4. The fourth-order valence-electron chi connectivity index (χ4n) is 2.62. The zero-order chi connectivity index (χ0) is 15.2. The summed E-state index contributed by atoms with van der Waals surface area (Å²) in [5.74, 6) is 0.635. The molecule has 1 amide bonds. The van der Waals surface area contributed by atoms with E-state index in [0.717, 1.165) is 26.2 Å². The van der Waals surface area contributed by atoms with E-state index < -0.39 is 0 Å². The number of amides is 1. The first kappa shape index (κ1) is 15.6. The van der Waals surface area contributed by atoms with Gasteiger partial charge < -0.3 is 20.3 Å². The molecule has 0 bridgehead atoms. The third-order valence-electron chi connectivity index (χ3n) is 3.78. The lowest BCUT2D eigenvalue weighted by molar-refractivity contribution is 0.0782. The van der Waals surface area contributed by atoms with Crippen molar-refractivity contribution in [1.82, 2.24) is 9.80 Å². The Morgan fingerprint density at radius 3 is 2.71 bits per heavy atom. The Kier molecular flexibility index (Phi) is 5.44. The van der Waals surface area contributed by atoms with Crippen LogP contribution in [-0.4, -0.2) is 55.5 Å². The molecule has 116 valence electrons. The van der Waals surface area contributed by atoms with Gasteiger partial charge in [0.15, 0.2) is 0 Å². The third-order valence-corrected chi connectivity index (χ3v) is 3.78. The number of nitrogen functional groups attached to an aromatic ring is 1. The normalized spacial score (nSPS) is 15.1. The Bertz CT molecular complexity index is 484. The molecule has 0 radical (unpaired) electrons. The van der Waals surface area contributed by atoms with Gasteiger partial charge in [-0.05, 0) is 45.0 Å². The first-order chi connectivity index (χ1) is 10.1. The van der Waals surface area contributed by atoms with Crippen molar-refractivity contribution in [2.45, 2.75) is 19.8 Å². The van der Waals surface area contributed by atoms with Crippen molar-refractivity contribution in [3.05, 3.63) is 23.8 Å². The molecule has 0 aliphatic carbocycles. The van der Waals surface area contributed by atoms with Crippen molar-refractivity contribution in [1.29, 1.82) is 0 Å². The van der Waals surface area contributed by atoms with Crippen molar-refractivity contribution in [3.63, 3.8) is 0 Å². The summed E-state index contributed by atoms with van der Waals surface area (Å²) in [6.45, 7) is 6.43. The van der Waals surface area contributed by atoms with E-state index in [-0.39, 0.29) is 5.91 Å². The van der Waals surface area contributed by atoms with Gasteiger partial charge in [-0.15, -0.1) is 0 Å². The second-order valence-corrected chi connectivity index (χ2v) is 5.50. The molecule has 0 spiro atoms. The highest BCUT2D eigenvalue weighted by Gasteiger charge is 2.16. The Labute approximate surface area is 126 Å². The maximum absolute atomic E-state index is 12.5. The summed E-state index contributed by atoms with van der Waals surface area (Å²) in [5, 5.41) is 0. The Hall–Kier alpha value is -1.75. The first-order valence-corrected chi connectivity index (χ1v) is 7.61. The molecule has 1 fully saturated rings. The van der Waals surface area contributed by atoms with Crippen LogP contribution < -0.4 is 10.5 Å². The van der Waals surface area contributed by atoms with Gasteiger partial charge in [-0.1, -0.05) is 0 Å². The van der Waals surface area contributed by atoms with Crippen molar-refractivity contribution < 1.29 is 9.53 Å². The van der Waals surface area contributed by atoms with E-state index in [1.54, 1.807) is 23.1 Å². The summed E-state index contributed by atoms with van der Waals surface area (Å²) in [7, 11) is 1.84. The number of anilines is 1. The molecule has 0 saturated carbocycles. The summed E-state index contributed by atoms with van der Waals surface area (Å²) >= 11 is 0. The highest BCUT2D eigenvalue weighted by Crippen LogP contribution is 2.20. The summed E-state index contributed by atoms with van der Waals surface area (Å²) in [4.78, 5) is 16.6. The van der Waals surface area contributed by atoms with Crippen LogP contribution in [0.3, 0.4) is 0 Å². The maximum Gasteiger partial charge on any atom is 0.253 e. The van der Waals surface area contributed by atoms with E-state index in [4.69, 9.17) is 10.5 Å². The van der Waals surface area contributed by atoms with Gasteiger partial charge in [0.05, 0.1) is 6.61 Å². The van der Waals surface area contributed by atoms with Crippen LogP contribution in [0.4, 0.5) is 5.69 Å². The lowest BCUT2D eigenvalue weighted by Gasteiger charge is -2.22. The largest absolute Gasteiger partial charge is 0.494 e. The molecule has 1 heterocycles. The number of likely N-dealkylation sites (tertiary alicyclic amines) is 1. The van der Waals surface area contributed by atoms with E-state index >= 15 is 0 Å². The van der Waals surface area contributed by atoms with Crippen molar-refractivity contribution >= 4 is 11.6 Å². The number of nitrogens with two attached hydrogens (primary N) is 1. The molecule has 1 aromatic carbocycles. The standard InChI is InChI=1S/C16H25N3O2/c1-3-21-15-11-13(10-14(17)12-15)16(20)18(2)8-9-19-6-4-5-7-19/h10-12H,3-9,17H2,1-2H3. The third kappa shape index (κ3) is 4.36. The van der Waals surface area contributed by atoms with Crippen LogP contribution in [0.25, 0.3) is 0 Å². The highest BCUT2D eigenvalue weighted by atomic mass is 16.5. The molecule has 5 nitrogen and oxygen atoms in total. The predicted molar refractivity (Wildman–Crippen MR) is 84.7 cm³/mol. The van der Waals surface area contributed by atoms with Gasteiger partial charge in [0, 0.05) is 37.5 Å². The van der Waals surface area contributed by atoms with Gasteiger partial charge >= 0.3 is 0 Å². The van der Waals surface area contributed by atoms with Crippen molar-refractivity contribution in [2.24, 2.45) is 0 Å². The summed E-state index contributed by atoms with van der Waals surface area (Å²) < 4.78 is 5.44. The molecule has 1 aliphatic heterocycles. The average Bonchev–Trinajstić information content (AvgIpc) is 2.97. The van der Waals surface area contributed by atoms with E-state index in [1.165, 1.54) is 12.8 Å². The van der Waals surface area contributed by atoms with Crippen LogP contribution in [0, 0.1) is 0 Å². The molecular formula is C16H25N3O2. The summed E-state index contributed by atoms with van der Waals surface area (Å²) in [6.07, 6.45) is 2.54. The van der Waals surface area contributed by atoms with E-state index in [1.807, 2.05) is 14.0 Å². The average molecular weight is 291 g/mol. The number of likely N-dealkylation sites (N-methyl/N-ethyl adjacent to an activating group) is 1. The molecular weight excluding hydrogens is 266 g/mol. The highest BCUT2D eigenvalue weighted by molar-refractivity contribution is 5.95. The fraction of sp³-hybridized carbons (Fsp3) is 0.562. The number of hydrogen-bond donors (Lipinski definition) is 1. The fourth-order valence-corrected chi connectivity index (χ4v) is 2.62. The van der Waals surface area contributed by atoms with Gasteiger partial charge in [0.1, 0.15) is 5.75 Å². The molecule has 0 aromatic heterocycles. The van der Waals surface area contributed by atoms with E-state index in [9.17, 15) is 4.79 Å². The summed E-state index contributed by atoms with van der Waals surface area (Å²) in [6, 6.07) is 5.20. The molecule has 2 N–H and O–H groups in total. The lowest BCUT2D eigenvalue weighted by atomic mass is 10.1. The number of nitrogens with zero attached hydrogens (tertiary/aromatic N) is 2. The van der Waals surface area contributed by atoms with Crippen LogP contribution in [0.5, 0.6) is 5.75 Å². The SMILES string of the molecule is CCOc1cc(N)cc(C(=O)N(C)CCN2CCCC2)c1. The molecule has 1 aliphatic rings. The van der Waals surface area contributed by atoms with Crippen LogP contribution in [-0.2, 0) is 0 Å². The number of carbonyl (C=O) groups excluding carboxylic acids is 1. The van der Waals surface area contributed by atoms with E-state index in [0.29, 0.717) is 23.6 Å². The first-order valence-electron chi connectivity index (χ1n) is 7.61. The predicted octanol–water partition coefficient (Wildman–Crippen LogP) is 1.84. The zero-order valence-electron chi connectivity index (χ0n) is 13.0. The molecule has 1 saturated heterocycles. The van der Waals surface area contributed by atoms with Gasteiger partial charge in [-0.3, -0.25) is 4.79 Å². The second-order valence-electron chi connectivity index (χ2n) is 5.50. The molecule has 21 heavy (non-hydrogen) atoms. The molecule has 0 unspecified atom stereocenters. The van der Waals surface area contributed by atoms with E-state index in [2.05, 4.69) is 4.90 Å². The molecule has 2 rings (SSSR count). The second kappa shape index (κ2) is 7.31. The summed E-state index contributed by atoms with van der Waals surface area (Å²) in [5.41, 5.74) is 6.98. The van der Waals surface area contributed by atoms with Crippen LogP contribution >= 0.6 is 0 Å². The topological polar surface area (TPSA) is 58.8 Å².